The van der Waals surface area contributed by atoms with E-state index in [1.807, 2.05) is 30.3 Å². The van der Waals surface area contributed by atoms with E-state index in [0.29, 0.717) is 5.69 Å². The molecule has 1 fully saturated rings. The maximum atomic E-state index is 12.1. The largest absolute Gasteiger partial charge is 0.391 e. The number of carbonyl (C=O) groups is 1. The van der Waals surface area contributed by atoms with Gasteiger partial charge < -0.3 is 14.9 Å². The standard InChI is InChI=1S/C16H18N2O3/c19-14-9-5-4-8-12(14)17-16(20)15-10-13(18-21-15)11-6-2-1-3-7-11/h1-3,6-7,10,12,14,19H,4-5,8-9H2,(H,17,20). The number of aromatic nitrogens is 1. The Hall–Kier alpha value is -2.14. The van der Waals surface area contributed by atoms with E-state index in [-0.39, 0.29) is 17.7 Å². The number of hydrogen-bond acceptors (Lipinski definition) is 4. The zero-order valence-electron chi connectivity index (χ0n) is 11.7. The Morgan fingerprint density at radius 2 is 2.00 bits per heavy atom. The molecule has 1 aliphatic rings. The SMILES string of the molecule is O=C(NC1CCCCC1O)c1cc(-c2ccccc2)no1. The topological polar surface area (TPSA) is 75.4 Å². The van der Waals surface area contributed by atoms with E-state index in [1.165, 1.54) is 0 Å². The van der Waals surface area contributed by atoms with Crippen LogP contribution in [0.1, 0.15) is 36.2 Å². The zero-order chi connectivity index (χ0) is 14.7. The molecule has 3 rings (SSSR count). The van der Waals surface area contributed by atoms with Crippen LogP contribution >= 0.6 is 0 Å². The second-order valence-corrected chi connectivity index (χ2v) is 5.37. The second kappa shape index (κ2) is 6.10. The van der Waals surface area contributed by atoms with Crippen LogP contribution in [-0.2, 0) is 0 Å². The summed E-state index contributed by atoms with van der Waals surface area (Å²) in [6, 6.07) is 11.0. The van der Waals surface area contributed by atoms with Crippen LogP contribution in [-0.4, -0.2) is 28.3 Å². The summed E-state index contributed by atoms with van der Waals surface area (Å²) in [5.41, 5.74) is 1.53. The molecule has 1 aromatic carbocycles. The average molecular weight is 286 g/mol. The Morgan fingerprint density at radius 1 is 1.24 bits per heavy atom. The van der Waals surface area contributed by atoms with E-state index < -0.39 is 6.10 Å². The first-order chi connectivity index (χ1) is 10.2. The minimum Gasteiger partial charge on any atom is -0.391 e. The Balaban J connectivity index is 1.69. The Morgan fingerprint density at radius 3 is 2.76 bits per heavy atom. The normalized spacial score (nSPS) is 22.0. The lowest BCUT2D eigenvalue weighted by molar-refractivity contribution is 0.0692. The highest BCUT2D eigenvalue weighted by atomic mass is 16.5. The third-order valence-corrected chi connectivity index (χ3v) is 3.85. The van der Waals surface area contributed by atoms with Crippen LogP contribution in [0.2, 0.25) is 0 Å². The van der Waals surface area contributed by atoms with Crippen molar-refractivity contribution in [2.45, 2.75) is 37.8 Å². The number of nitrogens with zero attached hydrogens (tertiary/aromatic N) is 1. The van der Waals surface area contributed by atoms with Crippen molar-refractivity contribution in [2.24, 2.45) is 0 Å². The third-order valence-electron chi connectivity index (χ3n) is 3.85. The molecule has 2 unspecified atom stereocenters. The predicted molar refractivity (Wildman–Crippen MR) is 77.7 cm³/mol. The van der Waals surface area contributed by atoms with Gasteiger partial charge in [0.2, 0.25) is 5.76 Å². The number of aliphatic hydroxyl groups is 1. The highest BCUT2D eigenvalue weighted by Gasteiger charge is 2.26. The number of benzene rings is 1. The summed E-state index contributed by atoms with van der Waals surface area (Å²) in [5, 5.41) is 16.6. The van der Waals surface area contributed by atoms with Crippen LogP contribution in [0.15, 0.2) is 40.9 Å². The van der Waals surface area contributed by atoms with Crippen molar-refractivity contribution >= 4 is 5.91 Å². The van der Waals surface area contributed by atoms with Gasteiger partial charge in [0.15, 0.2) is 0 Å². The molecular formula is C16H18N2O3. The molecule has 2 N–H and O–H groups in total. The lowest BCUT2D eigenvalue weighted by Gasteiger charge is -2.27. The van der Waals surface area contributed by atoms with Gasteiger partial charge in [-0.2, -0.15) is 0 Å². The number of hydrogen-bond donors (Lipinski definition) is 2. The van der Waals surface area contributed by atoms with Crippen LogP contribution in [0.3, 0.4) is 0 Å². The van der Waals surface area contributed by atoms with Crippen LogP contribution < -0.4 is 5.32 Å². The van der Waals surface area contributed by atoms with Gasteiger partial charge in [0.25, 0.3) is 5.91 Å². The Bertz CT molecular complexity index is 609. The van der Waals surface area contributed by atoms with Crippen LogP contribution in [0.5, 0.6) is 0 Å². The highest BCUT2D eigenvalue weighted by Crippen LogP contribution is 2.21. The van der Waals surface area contributed by atoms with Gasteiger partial charge in [0.1, 0.15) is 5.69 Å². The molecule has 1 saturated carbocycles. The van der Waals surface area contributed by atoms with Crippen molar-refractivity contribution in [1.82, 2.24) is 10.5 Å². The quantitative estimate of drug-likeness (QED) is 0.908. The van der Waals surface area contributed by atoms with Gasteiger partial charge in [-0.15, -0.1) is 0 Å². The molecule has 21 heavy (non-hydrogen) atoms. The number of amides is 1. The summed E-state index contributed by atoms with van der Waals surface area (Å²) in [6.07, 6.45) is 3.09. The van der Waals surface area contributed by atoms with E-state index in [0.717, 1.165) is 31.2 Å². The van der Waals surface area contributed by atoms with Crippen molar-refractivity contribution in [3.8, 4) is 11.3 Å². The second-order valence-electron chi connectivity index (χ2n) is 5.37. The van der Waals surface area contributed by atoms with Crippen molar-refractivity contribution in [2.75, 3.05) is 0 Å². The van der Waals surface area contributed by atoms with Gasteiger partial charge >= 0.3 is 0 Å². The first-order valence-electron chi connectivity index (χ1n) is 7.25. The molecule has 1 amide bonds. The van der Waals surface area contributed by atoms with Gasteiger partial charge in [0, 0.05) is 11.6 Å². The molecule has 1 aromatic heterocycles. The number of carbonyl (C=O) groups excluding carboxylic acids is 1. The zero-order valence-corrected chi connectivity index (χ0v) is 11.7. The van der Waals surface area contributed by atoms with Crippen LogP contribution in [0, 0.1) is 0 Å². The smallest absolute Gasteiger partial charge is 0.290 e. The van der Waals surface area contributed by atoms with Gasteiger partial charge in [0.05, 0.1) is 12.1 Å². The fraction of sp³-hybridized carbons (Fsp3) is 0.375. The molecule has 0 saturated heterocycles. The van der Waals surface area contributed by atoms with Gasteiger partial charge in [-0.25, -0.2) is 0 Å². The van der Waals surface area contributed by atoms with Crippen molar-refractivity contribution in [3.63, 3.8) is 0 Å². The van der Waals surface area contributed by atoms with Crippen molar-refractivity contribution in [3.05, 3.63) is 42.2 Å². The Labute approximate surface area is 123 Å². The lowest BCUT2D eigenvalue weighted by Crippen LogP contribution is -2.44. The summed E-state index contributed by atoms with van der Waals surface area (Å²) < 4.78 is 5.11. The lowest BCUT2D eigenvalue weighted by atomic mass is 9.92. The highest BCUT2D eigenvalue weighted by molar-refractivity contribution is 5.92. The molecule has 0 aliphatic heterocycles. The fourth-order valence-electron chi connectivity index (χ4n) is 2.65. The number of nitrogens with one attached hydrogen (secondary N) is 1. The van der Waals surface area contributed by atoms with Crippen LogP contribution in [0.25, 0.3) is 11.3 Å². The molecule has 0 radical (unpaired) electrons. The number of rotatable bonds is 3. The monoisotopic (exact) mass is 286 g/mol. The summed E-state index contributed by atoms with van der Waals surface area (Å²) in [4.78, 5) is 12.1. The molecule has 0 bridgehead atoms. The first-order valence-corrected chi connectivity index (χ1v) is 7.25. The van der Waals surface area contributed by atoms with E-state index in [4.69, 9.17) is 4.52 Å². The summed E-state index contributed by atoms with van der Waals surface area (Å²) in [7, 11) is 0. The summed E-state index contributed by atoms with van der Waals surface area (Å²) >= 11 is 0. The molecule has 1 aliphatic carbocycles. The predicted octanol–water partition coefficient (Wildman–Crippen LogP) is 2.37. The molecule has 2 atom stereocenters. The maximum Gasteiger partial charge on any atom is 0.290 e. The molecule has 5 heteroatoms. The maximum absolute atomic E-state index is 12.1. The molecule has 0 spiro atoms. The number of aliphatic hydroxyl groups excluding tert-OH is 1. The van der Waals surface area contributed by atoms with E-state index >= 15 is 0 Å². The van der Waals surface area contributed by atoms with Gasteiger partial charge in [-0.1, -0.05) is 48.3 Å². The first kappa shape index (κ1) is 13.8. The Kier molecular flexibility index (Phi) is 4.01. The van der Waals surface area contributed by atoms with Gasteiger partial charge in [-0.05, 0) is 12.8 Å². The third kappa shape index (κ3) is 3.13. The molecule has 2 aromatic rings. The fourth-order valence-corrected chi connectivity index (χ4v) is 2.65. The van der Waals surface area contributed by atoms with Crippen LogP contribution in [0.4, 0.5) is 0 Å². The summed E-state index contributed by atoms with van der Waals surface area (Å²) in [5.74, 6) is -0.151. The van der Waals surface area contributed by atoms with Crippen molar-refractivity contribution in [1.29, 1.82) is 0 Å². The van der Waals surface area contributed by atoms with E-state index in [1.54, 1.807) is 6.07 Å². The molecule has 5 nitrogen and oxygen atoms in total. The molecule has 110 valence electrons. The minimum atomic E-state index is -0.473. The van der Waals surface area contributed by atoms with Gasteiger partial charge in [-0.3, -0.25) is 4.79 Å². The van der Waals surface area contributed by atoms with Crippen molar-refractivity contribution < 1.29 is 14.4 Å². The molecular weight excluding hydrogens is 268 g/mol. The minimum absolute atomic E-state index is 0.173. The van der Waals surface area contributed by atoms with E-state index in [2.05, 4.69) is 10.5 Å². The summed E-state index contributed by atoms with van der Waals surface area (Å²) in [6.45, 7) is 0. The van der Waals surface area contributed by atoms with E-state index in [9.17, 15) is 9.90 Å². The average Bonchev–Trinajstić information content (AvgIpc) is 3.00. The molecule has 1 heterocycles.